The van der Waals surface area contributed by atoms with E-state index in [-0.39, 0.29) is 5.78 Å². The molecule has 1 aromatic heterocycles. The van der Waals surface area contributed by atoms with Gasteiger partial charge in [-0.1, -0.05) is 11.6 Å². The zero-order valence-corrected chi connectivity index (χ0v) is 16.9. The first-order chi connectivity index (χ1) is 13.6. The van der Waals surface area contributed by atoms with Gasteiger partial charge in [-0.05, 0) is 74.6 Å². The summed E-state index contributed by atoms with van der Waals surface area (Å²) in [6.07, 6.45) is 8.19. The Morgan fingerprint density at radius 2 is 1.86 bits per heavy atom. The zero-order chi connectivity index (χ0) is 19.5. The SMILES string of the molecule is CC(=O)c1ccc(OCC[C@@H]2C[C@@H]2C2CCN(c3ncc(Cl)cn3)CC2)cc1. The van der Waals surface area contributed by atoms with Gasteiger partial charge in [-0.3, -0.25) is 4.79 Å². The number of halogens is 1. The summed E-state index contributed by atoms with van der Waals surface area (Å²) in [4.78, 5) is 22.2. The second-order valence-electron chi connectivity index (χ2n) is 7.90. The molecule has 1 aliphatic heterocycles. The maximum atomic E-state index is 11.3. The number of ether oxygens (including phenoxy) is 1. The molecule has 1 aliphatic carbocycles. The Morgan fingerprint density at radius 1 is 1.18 bits per heavy atom. The number of nitrogens with zero attached hydrogens (tertiary/aromatic N) is 3. The highest BCUT2D eigenvalue weighted by molar-refractivity contribution is 6.30. The molecule has 1 saturated heterocycles. The lowest BCUT2D eigenvalue weighted by Crippen LogP contribution is -2.35. The number of anilines is 1. The van der Waals surface area contributed by atoms with Crippen LogP contribution in [0.15, 0.2) is 36.7 Å². The van der Waals surface area contributed by atoms with Crippen LogP contribution in [0.5, 0.6) is 5.75 Å². The molecule has 1 saturated carbocycles. The molecule has 0 N–H and O–H groups in total. The number of benzene rings is 1. The predicted molar refractivity (Wildman–Crippen MR) is 110 cm³/mol. The van der Waals surface area contributed by atoms with E-state index in [0.717, 1.165) is 61.1 Å². The van der Waals surface area contributed by atoms with Crippen LogP contribution in [0.4, 0.5) is 5.95 Å². The summed E-state index contributed by atoms with van der Waals surface area (Å²) in [6.45, 7) is 4.37. The van der Waals surface area contributed by atoms with Crippen LogP contribution in [0.25, 0.3) is 0 Å². The Morgan fingerprint density at radius 3 is 2.50 bits per heavy atom. The number of piperidine rings is 1. The second kappa shape index (κ2) is 8.48. The molecule has 0 spiro atoms. The van der Waals surface area contributed by atoms with E-state index in [1.54, 1.807) is 19.3 Å². The van der Waals surface area contributed by atoms with E-state index in [1.165, 1.54) is 19.3 Å². The van der Waals surface area contributed by atoms with Gasteiger partial charge >= 0.3 is 0 Å². The van der Waals surface area contributed by atoms with E-state index in [2.05, 4.69) is 14.9 Å². The van der Waals surface area contributed by atoms with Crippen LogP contribution in [0.3, 0.4) is 0 Å². The van der Waals surface area contributed by atoms with Crippen molar-refractivity contribution in [2.45, 2.75) is 32.6 Å². The number of Topliss-reactive ketones (excluding diaryl/α,β-unsaturated/α-hetero) is 1. The quantitative estimate of drug-likeness (QED) is 0.634. The minimum atomic E-state index is 0.0843. The lowest BCUT2D eigenvalue weighted by atomic mass is 9.90. The van der Waals surface area contributed by atoms with Gasteiger partial charge in [0.25, 0.3) is 0 Å². The Bertz CT molecular complexity index is 802. The Hall–Kier alpha value is -2.14. The first-order valence-corrected chi connectivity index (χ1v) is 10.4. The van der Waals surface area contributed by atoms with Gasteiger partial charge in [0, 0.05) is 18.7 Å². The van der Waals surface area contributed by atoms with Crippen LogP contribution in [0, 0.1) is 17.8 Å². The summed E-state index contributed by atoms with van der Waals surface area (Å²) in [5.74, 6) is 4.17. The third kappa shape index (κ3) is 4.64. The van der Waals surface area contributed by atoms with Gasteiger partial charge in [-0.15, -0.1) is 0 Å². The predicted octanol–water partition coefficient (Wildman–Crippen LogP) is 4.65. The van der Waals surface area contributed by atoms with Crippen LogP contribution >= 0.6 is 11.6 Å². The van der Waals surface area contributed by atoms with Crippen molar-refractivity contribution in [3.63, 3.8) is 0 Å². The van der Waals surface area contributed by atoms with E-state index < -0.39 is 0 Å². The largest absolute Gasteiger partial charge is 0.494 e. The summed E-state index contributed by atoms with van der Waals surface area (Å²) in [7, 11) is 0. The average molecular weight is 400 g/mol. The van der Waals surface area contributed by atoms with E-state index in [1.807, 2.05) is 24.3 Å². The molecular weight excluding hydrogens is 374 g/mol. The van der Waals surface area contributed by atoms with Crippen molar-refractivity contribution in [2.24, 2.45) is 17.8 Å². The molecule has 2 atom stereocenters. The molecule has 28 heavy (non-hydrogen) atoms. The lowest BCUT2D eigenvalue weighted by Gasteiger charge is -2.32. The highest BCUT2D eigenvalue weighted by Crippen LogP contribution is 2.49. The summed E-state index contributed by atoms with van der Waals surface area (Å²) >= 11 is 5.87. The molecule has 1 aromatic carbocycles. The van der Waals surface area contributed by atoms with E-state index in [0.29, 0.717) is 5.02 Å². The number of hydrogen-bond acceptors (Lipinski definition) is 5. The molecule has 4 rings (SSSR count). The number of ketones is 1. The minimum Gasteiger partial charge on any atom is -0.494 e. The van der Waals surface area contributed by atoms with Crippen molar-refractivity contribution in [3.8, 4) is 5.75 Å². The molecule has 2 aromatic rings. The van der Waals surface area contributed by atoms with Crippen LogP contribution in [0.1, 0.15) is 43.0 Å². The summed E-state index contributed by atoms with van der Waals surface area (Å²) in [6, 6.07) is 7.43. The highest BCUT2D eigenvalue weighted by Gasteiger charge is 2.43. The van der Waals surface area contributed by atoms with E-state index in [9.17, 15) is 4.79 Å². The van der Waals surface area contributed by atoms with Crippen molar-refractivity contribution in [1.82, 2.24) is 9.97 Å². The normalized spacial score (nSPS) is 22.1. The van der Waals surface area contributed by atoms with E-state index >= 15 is 0 Å². The first kappa shape index (κ1) is 19.2. The monoisotopic (exact) mass is 399 g/mol. The second-order valence-corrected chi connectivity index (χ2v) is 8.34. The Kier molecular flexibility index (Phi) is 5.81. The molecule has 148 valence electrons. The van der Waals surface area contributed by atoms with Gasteiger partial charge < -0.3 is 9.64 Å². The first-order valence-electron chi connectivity index (χ1n) is 10.1. The van der Waals surface area contributed by atoms with Crippen molar-refractivity contribution >= 4 is 23.3 Å². The number of aromatic nitrogens is 2. The topological polar surface area (TPSA) is 55.3 Å². The van der Waals surface area contributed by atoms with E-state index in [4.69, 9.17) is 16.3 Å². The standard InChI is InChI=1S/C22H26ClN3O2/c1-15(27)16-2-4-20(5-3-16)28-11-8-18-12-21(18)17-6-9-26(10-7-17)22-24-13-19(23)14-25-22/h2-5,13-14,17-18,21H,6-12H2,1H3/t18-,21-/m1/s1. The fraction of sp³-hybridized carbons (Fsp3) is 0.500. The maximum Gasteiger partial charge on any atom is 0.225 e. The fourth-order valence-corrected chi connectivity index (χ4v) is 4.39. The molecule has 0 unspecified atom stereocenters. The molecule has 6 heteroatoms. The molecule has 5 nitrogen and oxygen atoms in total. The number of hydrogen-bond donors (Lipinski definition) is 0. The van der Waals surface area contributed by atoms with Crippen molar-refractivity contribution in [3.05, 3.63) is 47.2 Å². The van der Waals surface area contributed by atoms with Gasteiger partial charge in [-0.2, -0.15) is 0 Å². The van der Waals surface area contributed by atoms with Gasteiger partial charge in [0.2, 0.25) is 5.95 Å². The smallest absolute Gasteiger partial charge is 0.225 e. The van der Waals surface area contributed by atoms with Crippen molar-refractivity contribution in [1.29, 1.82) is 0 Å². The van der Waals surface area contributed by atoms with Crippen LogP contribution < -0.4 is 9.64 Å². The van der Waals surface area contributed by atoms with Crippen LogP contribution in [-0.4, -0.2) is 35.4 Å². The van der Waals surface area contributed by atoms with Gasteiger partial charge in [0.05, 0.1) is 24.0 Å². The molecule has 2 heterocycles. The average Bonchev–Trinajstić information content (AvgIpc) is 3.49. The third-order valence-electron chi connectivity index (χ3n) is 6.03. The lowest BCUT2D eigenvalue weighted by molar-refractivity contribution is 0.101. The highest BCUT2D eigenvalue weighted by atomic mass is 35.5. The van der Waals surface area contributed by atoms with Crippen LogP contribution in [0.2, 0.25) is 5.02 Å². The van der Waals surface area contributed by atoms with Gasteiger partial charge in [0.15, 0.2) is 5.78 Å². The number of carbonyl (C=O) groups is 1. The molecule has 2 fully saturated rings. The van der Waals surface area contributed by atoms with Crippen molar-refractivity contribution in [2.75, 3.05) is 24.6 Å². The Labute approximate surface area is 171 Å². The molecule has 0 amide bonds. The number of carbonyl (C=O) groups excluding carboxylic acids is 1. The molecular formula is C22H26ClN3O2. The van der Waals surface area contributed by atoms with Gasteiger partial charge in [0.1, 0.15) is 5.75 Å². The Balaban J connectivity index is 1.17. The molecule has 0 bridgehead atoms. The summed E-state index contributed by atoms with van der Waals surface area (Å²) in [5, 5.41) is 0.580. The summed E-state index contributed by atoms with van der Waals surface area (Å²) < 4.78 is 5.86. The van der Waals surface area contributed by atoms with Gasteiger partial charge in [-0.25, -0.2) is 9.97 Å². The zero-order valence-electron chi connectivity index (χ0n) is 16.2. The van der Waals surface area contributed by atoms with Crippen molar-refractivity contribution < 1.29 is 9.53 Å². The van der Waals surface area contributed by atoms with Crippen LogP contribution in [-0.2, 0) is 0 Å². The third-order valence-corrected chi connectivity index (χ3v) is 6.23. The maximum absolute atomic E-state index is 11.3. The summed E-state index contributed by atoms with van der Waals surface area (Å²) in [5.41, 5.74) is 0.727. The number of rotatable bonds is 7. The molecule has 0 radical (unpaired) electrons. The fourth-order valence-electron chi connectivity index (χ4n) is 4.29. The molecule has 2 aliphatic rings. The minimum absolute atomic E-state index is 0.0843.